The molecule has 2 aliphatic heterocycles. The van der Waals surface area contributed by atoms with Gasteiger partial charge in [-0.25, -0.2) is 0 Å². The second-order valence-corrected chi connectivity index (χ2v) is 4.76. The summed E-state index contributed by atoms with van der Waals surface area (Å²) in [6, 6.07) is 0. The van der Waals surface area contributed by atoms with Gasteiger partial charge in [-0.05, 0) is 5.92 Å². The lowest BCUT2D eigenvalue weighted by Gasteiger charge is -2.49. The van der Waals surface area contributed by atoms with Crippen molar-refractivity contribution in [1.29, 1.82) is 0 Å². The molecule has 0 unspecified atom stereocenters. The topological polar surface area (TPSA) is 24.5 Å². The van der Waals surface area contributed by atoms with Crippen molar-refractivity contribution in [3.8, 4) is 0 Å². The van der Waals surface area contributed by atoms with E-state index < -0.39 is 0 Å². The van der Waals surface area contributed by atoms with Gasteiger partial charge in [0.1, 0.15) is 5.60 Å². The molecule has 0 saturated carbocycles. The highest BCUT2D eigenvalue weighted by molar-refractivity contribution is 4.99. The zero-order valence-corrected chi connectivity index (χ0v) is 8.68. The van der Waals surface area contributed by atoms with Gasteiger partial charge in [-0.1, -0.05) is 13.8 Å². The van der Waals surface area contributed by atoms with Gasteiger partial charge in [0.25, 0.3) is 0 Å². The number of nitrogens with zero attached hydrogens (tertiary/aromatic N) is 1. The summed E-state index contributed by atoms with van der Waals surface area (Å²) in [5, 5.41) is 3.29. The van der Waals surface area contributed by atoms with Crippen molar-refractivity contribution >= 4 is 0 Å². The predicted octanol–water partition coefficient (Wildman–Crippen LogP) is 0.317. The summed E-state index contributed by atoms with van der Waals surface area (Å²) >= 11 is 0. The van der Waals surface area contributed by atoms with Crippen LogP contribution in [0.15, 0.2) is 0 Å². The molecular weight excluding hydrogens is 164 g/mol. The average molecular weight is 184 g/mol. The highest BCUT2D eigenvalue weighted by atomic mass is 16.5. The number of ether oxygens (including phenoxy) is 1. The van der Waals surface area contributed by atoms with E-state index in [1.54, 1.807) is 0 Å². The van der Waals surface area contributed by atoms with Crippen molar-refractivity contribution in [1.82, 2.24) is 10.2 Å². The molecule has 0 amide bonds. The largest absolute Gasteiger partial charge is 0.370 e. The van der Waals surface area contributed by atoms with E-state index in [4.69, 9.17) is 4.74 Å². The maximum absolute atomic E-state index is 5.81. The van der Waals surface area contributed by atoms with E-state index in [1.165, 1.54) is 6.54 Å². The third-order valence-electron chi connectivity index (χ3n) is 2.85. The zero-order chi connectivity index (χ0) is 9.31. The van der Waals surface area contributed by atoms with Gasteiger partial charge in [-0.15, -0.1) is 0 Å². The fraction of sp³-hybridized carbons (Fsp3) is 1.00. The Morgan fingerprint density at radius 1 is 1.46 bits per heavy atom. The fourth-order valence-corrected chi connectivity index (χ4v) is 2.21. The van der Waals surface area contributed by atoms with Crippen molar-refractivity contribution in [2.75, 3.05) is 39.3 Å². The Bertz CT molecular complexity index is 178. The number of morpholine rings is 1. The Balaban J connectivity index is 1.85. The first-order valence-electron chi connectivity index (χ1n) is 5.27. The first-order chi connectivity index (χ1) is 6.20. The highest BCUT2D eigenvalue weighted by Crippen LogP contribution is 2.22. The van der Waals surface area contributed by atoms with Crippen LogP contribution in [0.1, 0.15) is 13.8 Å². The van der Waals surface area contributed by atoms with Crippen LogP contribution in [0.2, 0.25) is 0 Å². The molecule has 13 heavy (non-hydrogen) atoms. The lowest BCUT2D eigenvalue weighted by atomic mass is 9.94. The van der Waals surface area contributed by atoms with Crippen LogP contribution < -0.4 is 5.32 Å². The molecule has 2 aliphatic rings. The second-order valence-electron chi connectivity index (χ2n) is 4.76. The molecule has 0 aromatic carbocycles. The molecule has 2 heterocycles. The van der Waals surface area contributed by atoms with Gasteiger partial charge in [0.15, 0.2) is 0 Å². The molecule has 0 bridgehead atoms. The van der Waals surface area contributed by atoms with Crippen molar-refractivity contribution in [3.05, 3.63) is 0 Å². The van der Waals surface area contributed by atoms with Gasteiger partial charge >= 0.3 is 0 Å². The van der Waals surface area contributed by atoms with E-state index in [2.05, 4.69) is 24.1 Å². The van der Waals surface area contributed by atoms with Gasteiger partial charge in [0.2, 0.25) is 0 Å². The quantitative estimate of drug-likeness (QED) is 0.669. The fourth-order valence-electron chi connectivity index (χ4n) is 2.21. The molecular formula is C10H20N2O. The summed E-state index contributed by atoms with van der Waals surface area (Å²) in [7, 11) is 0. The van der Waals surface area contributed by atoms with E-state index in [1.807, 2.05) is 0 Å². The van der Waals surface area contributed by atoms with Crippen molar-refractivity contribution < 1.29 is 4.74 Å². The molecule has 0 aromatic heterocycles. The molecule has 2 saturated heterocycles. The predicted molar refractivity (Wildman–Crippen MR) is 52.8 cm³/mol. The Morgan fingerprint density at radius 2 is 2.23 bits per heavy atom. The molecule has 3 heteroatoms. The van der Waals surface area contributed by atoms with Gasteiger partial charge in [-0.3, -0.25) is 4.90 Å². The Kier molecular flexibility index (Phi) is 2.58. The normalized spacial score (nSPS) is 27.9. The number of hydrogen-bond donors (Lipinski definition) is 1. The highest BCUT2D eigenvalue weighted by Gasteiger charge is 2.41. The lowest BCUT2D eigenvalue weighted by molar-refractivity contribution is -0.136. The van der Waals surface area contributed by atoms with E-state index >= 15 is 0 Å². The minimum Gasteiger partial charge on any atom is -0.370 e. The van der Waals surface area contributed by atoms with Crippen LogP contribution in [0.25, 0.3) is 0 Å². The van der Waals surface area contributed by atoms with Crippen molar-refractivity contribution in [3.63, 3.8) is 0 Å². The van der Waals surface area contributed by atoms with E-state index in [9.17, 15) is 0 Å². The van der Waals surface area contributed by atoms with Crippen LogP contribution in [0.3, 0.4) is 0 Å². The molecule has 1 spiro atoms. The third kappa shape index (κ3) is 2.03. The Labute approximate surface area is 80.4 Å². The van der Waals surface area contributed by atoms with E-state index in [0.717, 1.165) is 38.7 Å². The maximum Gasteiger partial charge on any atom is 0.106 e. The van der Waals surface area contributed by atoms with E-state index in [-0.39, 0.29) is 5.60 Å². The molecule has 2 rings (SSSR count). The average Bonchev–Trinajstić information content (AvgIpc) is 2.01. The summed E-state index contributed by atoms with van der Waals surface area (Å²) in [5.74, 6) is 0.767. The Hall–Kier alpha value is -0.120. The molecule has 2 fully saturated rings. The molecule has 0 aromatic rings. The smallest absolute Gasteiger partial charge is 0.106 e. The molecule has 0 aliphatic carbocycles. The number of hydrogen-bond acceptors (Lipinski definition) is 3. The van der Waals surface area contributed by atoms with Crippen LogP contribution in [0.4, 0.5) is 0 Å². The molecule has 3 nitrogen and oxygen atoms in total. The SMILES string of the molecule is CC(C)CN1CCOC2(CNC2)C1. The lowest BCUT2D eigenvalue weighted by Crippen LogP contribution is -2.69. The van der Waals surface area contributed by atoms with Crippen LogP contribution in [0, 0.1) is 5.92 Å². The van der Waals surface area contributed by atoms with Crippen LogP contribution in [-0.2, 0) is 4.74 Å². The minimum absolute atomic E-state index is 0.174. The van der Waals surface area contributed by atoms with Crippen LogP contribution in [0.5, 0.6) is 0 Å². The standard InChI is InChI=1S/C10H20N2O/c1-9(2)5-12-3-4-13-10(8-12)6-11-7-10/h9,11H,3-8H2,1-2H3. The van der Waals surface area contributed by atoms with Crippen molar-refractivity contribution in [2.24, 2.45) is 5.92 Å². The summed E-state index contributed by atoms with van der Waals surface area (Å²) in [6.45, 7) is 11.0. The monoisotopic (exact) mass is 184 g/mol. The van der Waals surface area contributed by atoms with E-state index in [0.29, 0.717) is 0 Å². The Morgan fingerprint density at radius 3 is 2.77 bits per heavy atom. The van der Waals surface area contributed by atoms with Gasteiger partial charge in [0, 0.05) is 32.7 Å². The first kappa shape index (κ1) is 9.44. The summed E-state index contributed by atoms with van der Waals surface area (Å²) in [6.07, 6.45) is 0. The van der Waals surface area contributed by atoms with Gasteiger partial charge in [-0.2, -0.15) is 0 Å². The van der Waals surface area contributed by atoms with Crippen LogP contribution >= 0.6 is 0 Å². The summed E-state index contributed by atoms with van der Waals surface area (Å²) in [4.78, 5) is 2.54. The minimum atomic E-state index is 0.174. The van der Waals surface area contributed by atoms with Crippen LogP contribution in [-0.4, -0.2) is 49.8 Å². The van der Waals surface area contributed by atoms with Crippen molar-refractivity contribution in [2.45, 2.75) is 19.4 Å². The third-order valence-corrected chi connectivity index (χ3v) is 2.85. The summed E-state index contributed by atoms with van der Waals surface area (Å²) in [5.41, 5.74) is 0.174. The molecule has 76 valence electrons. The zero-order valence-electron chi connectivity index (χ0n) is 8.68. The van der Waals surface area contributed by atoms with Gasteiger partial charge in [0.05, 0.1) is 6.61 Å². The molecule has 0 radical (unpaired) electrons. The maximum atomic E-state index is 5.81. The summed E-state index contributed by atoms with van der Waals surface area (Å²) < 4.78 is 5.81. The second kappa shape index (κ2) is 3.56. The molecule has 1 N–H and O–H groups in total. The first-order valence-corrected chi connectivity index (χ1v) is 5.27. The number of nitrogens with one attached hydrogen (secondary N) is 1. The number of rotatable bonds is 2. The molecule has 0 atom stereocenters. The van der Waals surface area contributed by atoms with Gasteiger partial charge < -0.3 is 10.1 Å².